The van der Waals surface area contributed by atoms with Crippen molar-refractivity contribution in [3.8, 4) is 11.5 Å². The van der Waals surface area contributed by atoms with E-state index < -0.39 is 6.10 Å². The number of carbonyl (C=O) groups is 1. The van der Waals surface area contributed by atoms with Crippen molar-refractivity contribution in [1.82, 2.24) is 0 Å². The van der Waals surface area contributed by atoms with Gasteiger partial charge in [0, 0.05) is 18.2 Å². The second-order valence-electron chi connectivity index (χ2n) is 4.90. The number of carbonyl (C=O) groups excluding carboxylic acids is 1. The molecule has 2 heterocycles. The lowest BCUT2D eigenvalue weighted by Crippen LogP contribution is -2.26. The number of rotatable bonds is 2. The second-order valence-corrected chi connectivity index (χ2v) is 5.30. The fourth-order valence-corrected chi connectivity index (χ4v) is 2.68. The molecule has 5 heteroatoms. The molecule has 0 N–H and O–H groups in total. The summed E-state index contributed by atoms with van der Waals surface area (Å²) in [6, 6.07) is 3.30. The SMILES string of the molecule is CC1CCOC1C(=O)c1cc2c(cc1Cl)OCCO2. The lowest BCUT2D eigenvalue weighted by molar-refractivity contribution is 0.0579. The van der Waals surface area contributed by atoms with Gasteiger partial charge < -0.3 is 14.2 Å². The maximum Gasteiger partial charge on any atom is 0.193 e. The highest BCUT2D eigenvalue weighted by atomic mass is 35.5. The standard InChI is InChI=1S/C14H15ClO4/c1-8-2-3-19-14(8)13(16)9-6-11-12(7-10(9)15)18-5-4-17-11/h6-8,14H,2-5H2,1H3. The Morgan fingerprint density at radius 2 is 1.89 bits per heavy atom. The summed E-state index contributed by atoms with van der Waals surface area (Å²) >= 11 is 6.17. The minimum atomic E-state index is -0.403. The maximum absolute atomic E-state index is 12.5. The number of fused-ring (bicyclic) bond motifs is 1. The Morgan fingerprint density at radius 1 is 1.21 bits per heavy atom. The van der Waals surface area contributed by atoms with Gasteiger partial charge in [-0.05, 0) is 18.4 Å². The van der Waals surface area contributed by atoms with Crippen LogP contribution in [0.15, 0.2) is 12.1 Å². The highest BCUT2D eigenvalue weighted by Crippen LogP contribution is 2.37. The van der Waals surface area contributed by atoms with Gasteiger partial charge in [0.25, 0.3) is 0 Å². The number of Topliss-reactive ketones (excluding diaryl/α,β-unsaturated/α-hetero) is 1. The quantitative estimate of drug-likeness (QED) is 0.783. The van der Waals surface area contributed by atoms with Crippen molar-refractivity contribution in [2.24, 2.45) is 5.92 Å². The van der Waals surface area contributed by atoms with Crippen LogP contribution in [0.25, 0.3) is 0 Å². The molecule has 3 rings (SSSR count). The first-order chi connectivity index (χ1) is 9.16. The van der Waals surface area contributed by atoms with Gasteiger partial charge in [0.1, 0.15) is 19.3 Å². The Hall–Kier alpha value is -1.26. The molecule has 2 aliphatic rings. The van der Waals surface area contributed by atoms with E-state index in [1.54, 1.807) is 12.1 Å². The first-order valence-electron chi connectivity index (χ1n) is 6.42. The molecule has 1 aromatic rings. The fraction of sp³-hybridized carbons (Fsp3) is 0.500. The van der Waals surface area contributed by atoms with Gasteiger partial charge in [-0.3, -0.25) is 4.79 Å². The van der Waals surface area contributed by atoms with Gasteiger partial charge in [-0.15, -0.1) is 0 Å². The first kappa shape index (κ1) is 12.8. The normalized spacial score (nSPS) is 25.4. The molecule has 4 nitrogen and oxygen atoms in total. The topological polar surface area (TPSA) is 44.8 Å². The third-order valence-electron chi connectivity index (χ3n) is 3.54. The lowest BCUT2D eigenvalue weighted by atomic mass is 9.96. The summed E-state index contributed by atoms with van der Waals surface area (Å²) in [4.78, 5) is 12.5. The van der Waals surface area contributed by atoms with Crippen LogP contribution in [0.5, 0.6) is 11.5 Å². The zero-order chi connectivity index (χ0) is 13.4. The molecule has 19 heavy (non-hydrogen) atoms. The fourth-order valence-electron chi connectivity index (χ4n) is 2.44. The van der Waals surface area contributed by atoms with Crippen molar-refractivity contribution < 1.29 is 19.0 Å². The smallest absolute Gasteiger partial charge is 0.193 e. The molecule has 1 aromatic carbocycles. The zero-order valence-electron chi connectivity index (χ0n) is 10.6. The van der Waals surface area contributed by atoms with Crippen molar-refractivity contribution in [2.75, 3.05) is 19.8 Å². The summed E-state index contributed by atoms with van der Waals surface area (Å²) in [5.74, 6) is 1.31. The van der Waals surface area contributed by atoms with Crippen LogP contribution >= 0.6 is 11.6 Å². The van der Waals surface area contributed by atoms with Crippen LogP contribution in [0.1, 0.15) is 23.7 Å². The Labute approximate surface area is 116 Å². The molecule has 1 saturated heterocycles. The molecule has 2 atom stereocenters. The number of benzene rings is 1. The minimum Gasteiger partial charge on any atom is -0.486 e. The molecule has 2 aliphatic heterocycles. The molecule has 0 bridgehead atoms. The average Bonchev–Trinajstić information content (AvgIpc) is 2.83. The van der Waals surface area contributed by atoms with Crippen molar-refractivity contribution >= 4 is 17.4 Å². The van der Waals surface area contributed by atoms with E-state index in [-0.39, 0.29) is 11.7 Å². The van der Waals surface area contributed by atoms with Crippen LogP contribution in [-0.2, 0) is 4.74 Å². The number of ketones is 1. The van der Waals surface area contributed by atoms with Gasteiger partial charge in [-0.1, -0.05) is 18.5 Å². The van der Waals surface area contributed by atoms with Gasteiger partial charge in [0.15, 0.2) is 17.3 Å². The number of hydrogen-bond acceptors (Lipinski definition) is 4. The van der Waals surface area contributed by atoms with E-state index in [1.165, 1.54) is 0 Å². The van der Waals surface area contributed by atoms with Crippen LogP contribution in [0.2, 0.25) is 5.02 Å². The molecule has 0 amide bonds. The lowest BCUT2D eigenvalue weighted by Gasteiger charge is -2.20. The predicted octanol–water partition coefficient (Wildman–Crippen LogP) is 2.72. The molecule has 0 spiro atoms. The van der Waals surface area contributed by atoms with Gasteiger partial charge in [-0.2, -0.15) is 0 Å². The average molecular weight is 283 g/mol. The predicted molar refractivity (Wildman–Crippen MR) is 70.3 cm³/mol. The summed E-state index contributed by atoms with van der Waals surface area (Å²) in [7, 11) is 0. The summed E-state index contributed by atoms with van der Waals surface area (Å²) in [6.45, 7) is 3.62. The van der Waals surface area contributed by atoms with Crippen LogP contribution in [-0.4, -0.2) is 31.7 Å². The van der Waals surface area contributed by atoms with E-state index in [1.807, 2.05) is 6.92 Å². The van der Waals surface area contributed by atoms with Crippen molar-refractivity contribution in [3.63, 3.8) is 0 Å². The molecule has 0 aromatic heterocycles. The number of halogens is 1. The highest BCUT2D eigenvalue weighted by Gasteiger charge is 2.33. The van der Waals surface area contributed by atoms with E-state index in [0.717, 1.165) is 6.42 Å². The van der Waals surface area contributed by atoms with Gasteiger partial charge in [0.05, 0.1) is 5.02 Å². The molecule has 2 unspecified atom stereocenters. The largest absolute Gasteiger partial charge is 0.486 e. The number of ether oxygens (including phenoxy) is 3. The molecule has 0 aliphatic carbocycles. The number of hydrogen-bond donors (Lipinski definition) is 0. The summed E-state index contributed by atoms with van der Waals surface area (Å²) in [5, 5.41) is 0.386. The Balaban J connectivity index is 1.93. The van der Waals surface area contributed by atoms with E-state index in [4.69, 9.17) is 25.8 Å². The summed E-state index contributed by atoms with van der Waals surface area (Å²) in [5.41, 5.74) is 0.449. The van der Waals surface area contributed by atoms with E-state index in [2.05, 4.69) is 0 Å². The molecule has 0 saturated carbocycles. The third kappa shape index (κ3) is 2.30. The first-order valence-corrected chi connectivity index (χ1v) is 6.79. The Kier molecular flexibility index (Phi) is 3.37. The molecule has 0 radical (unpaired) electrons. The van der Waals surface area contributed by atoms with Crippen molar-refractivity contribution in [2.45, 2.75) is 19.4 Å². The Bertz CT molecular complexity index is 514. The van der Waals surface area contributed by atoms with Crippen LogP contribution in [0, 0.1) is 5.92 Å². The third-order valence-corrected chi connectivity index (χ3v) is 3.86. The van der Waals surface area contributed by atoms with Crippen LogP contribution in [0.3, 0.4) is 0 Å². The zero-order valence-corrected chi connectivity index (χ0v) is 11.4. The van der Waals surface area contributed by atoms with Crippen molar-refractivity contribution in [3.05, 3.63) is 22.7 Å². The van der Waals surface area contributed by atoms with Gasteiger partial charge in [0.2, 0.25) is 0 Å². The van der Waals surface area contributed by atoms with Gasteiger partial charge in [-0.25, -0.2) is 0 Å². The highest BCUT2D eigenvalue weighted by molar-refractivity contribution is 6.34. The van der Waals surface area contributed by atoms with E-state index in [9.17, 15) is 4.79 Å². The second kappa shape index (κ2) is 5.02. The maximum atomic E-state index is 12.5. The van der Waals surface area contributed by atoms with Crippen LogP contribution in [0.4, 0.5) is 0 Å². The Morgan fingerprint density at radius 3 is 2.53 bits per heavy atom. The minimum absolute atomic E-state index is 0.0769. The van der Waals surface area contributed by atoms with Crippen LogP contribution < -0.4 is 9.47 Å². The van der Waals surface area contributed by atoms with E-state index in [0.29, 0.717) is 41.9 Å². The van der Waals surface area contributed by atoms with E-state index >= 15 is 0 Å². The van der Waals surface area contributed by atoms with Gasteiger partial charge >= 0.3 is 0 Å². The monoisotopic (exact) mass is 282 g/mol. The summed E-state index contributed by atoms with van der Waals surface area (Å²) in [6.07, 6.45) is 0.499. The molecular formula is C14H15ClO4. The van der Waals surface area contributed by atoms with Crippen molar-refractivity contribution in [1.29, 1.82) is 0 Å². The molecule has 1 fully saturated rings. The summed E-state index contributed by atoms with van der Waals surface area (Å²) < 4.78 is 16.4. The molecule has 102 valence electrons. The molecular weight excluding hydrogens is 268 g/mol.